The highest BCUT2D eigenvalue weighted by Gasteiger charge is 2.62. The van der Waals surface area contributed by atoms with E-state index in [0.29, 0.717) is 23.8 Å². The number of carbonyl (C=O) groups is 2. The van der Waals surface area contributed by atoms with Crippen LogP contribution in [0, 0.1) is 11.6 Å². The summed E-state index contributed by atoms with van der Waals surface area (Å²) >= 11 is 0. The molecule has 2 aromatic heterocycles. The van der Waals surface area contributed by atoms with Crippen molar-refractivity contribution in [2.75, 3.05) is 13.2 Å². The molecule has 1 amide bonds. The highest BCUT2D eigenvalue weighted by atomic mass is 19.4. The zero-order chi connectivity index (χ0) is 35.3. The predicted molar refractivity (Wildman–Crippen MR) is 151 cm³/mol. The fraction of sp³-hybridized carbons (Fsp3) is 0.333. The third kappa shape index (κ3) is 8.74. The normalized spacial score (nSPS) is 13.4. The van der Waals surface area contributed by atoms with Gasteiger partial charge in [0.15, 0.2) is 6.61 Å². The molecule has 0 saturated carbocycles. The standard InChI is InChI=1S/C30H27F7N6O5/c1-27(2,3)48-26(45)39-14-25(44)47-28(15-43-17-40-41-42-43,22-10-7-20(31)12-23(22)32)30(36,37)24-11-6-19(13-38-24)18-4-8-21(9-5-18)46-16-29(33,34)35/h4-13,17H,14-16H2,1-3H3,(H,39,45). The molecule has 2 aromatic carbocycles. The summed E-state index contributed by atoms with van der Waals surface area (Å²) in [7, 11) is 0. The number of hydrogen-bond acceptors (Lipinski definition) is 9. The Morgan fingerprint density at radius 2 is 1.58 bits per heavy atom. The zero-order valence-electron chi connectivity index (χ0n) is 25.4. The molecule has 0 fully saturated rings. The molecule has 0 aliphatic carbocycles. The lowest BCUT2D eigenvalue weighted by molar-refractivity contribution is -0.231. The first-order valence-electron chi connectivity index (χ1n) is 13.9. The van der Waals surface area contributed by atoms with Gasteiger partial charge >= 0.3 is 24.2 Å². The van der Waals surface area contributed by atoms with Crippen molar-refractivity contribution in [2.24, 2.45) is 0 Å². The number of alkyl carbamates (subject to hydrolysis) is 1. The second-order valence-electron chi connectivity index (χ2n) is 11.2. The Kier molecular flexibility index (Phi) is 10.2. The van der Waals surface area contributed by atoms with E-state index in [1.165, 1.54) is 30.3 Å². The second-order valence-corrected chi connectivity index (χ2v) is 11.2. The quantitative estimate of drug-likeness (QED) is 0.156. The van der Waals surface area contributed by atoms with E-state index < -0.39 is 78.0 Å². The van der Waals surface area contributed by atoms with E-state index in [9.17, 15) is 27.2 Å². The van der Waals surface area contributed by atoms with Crippen LogP contribution in [0.3, 0.4) is 0 Å². The van der Waals surface area contributed by atoms with Crippen LogP contribution in [0.15, 0.2) is 67.1 Å². The van der Waals surface area contributed by atoms with Gasteiger partial charge in [0.1, 0.15) is 41.6 Å². The lowest BCUT2D eigenvalue weighted by Gasteiger charge is -2.39. The molecular weight excluding hydrogens is 657 g/mol. The van der Waals surface area contributed by atoms with Crippen LogP contribution in [-0.2, 0) is 32.3 Å². The summed E-state index contributed by atoms with van der Waals surface area (Å²) in [6.07, 6.45) is -3.74. The van der Waals surface area contributed by atoms with Gasteiger partial charge in [-0.1, -0.05) is 18.2 Å². The largest absolute Gasteiger partial charge is 0.484 e. The third-order valence-electron chi connectivity index (χ3n) is 6.39. The number of esters is 1. The summed E-state index contributed by atoms with van der Waals surface area (Å²) in [5, 5.41) is 12.4. The average molecular weight is 685 g/mol. The molecule has 1 N–H and O–H groups in total. The topological polar surface area (TPSA) is 130 Å². The van der Waals surface area contributed by atoms with E-state index in [2.05, 4.69) is 30.6 Å². The molecule has 0 aliphatic rings. The van der Waals surface area contributed by atoms with E-state index in [1.807, 2.05) is 0 Å². The van der Waals surface area contributed by atoms with Crippen LogP contribution in [0.5, 0.6) is 5.75 Å². The Labute approximate surface area is 268 Å². The Hall–Kier alpha value is -5.29. The molecule has 0 aliphatic heterocycles. The molecule has 0 radical (unpaired) electrons. The molecule has 0 bridgehead atoms. The molecule has 1 atom stereocenters. The van der Waals surface area contributed by atoms with Crippen molar-refractivity contribution in [1.82, 2.24) is 30.5 Å². The molecule has 256 valence electrons. The summed E-state index contributed by atoms with van der Waals surface area (Å²) in [5.74, 6) is -8.61. The van der Waals surface area contributed by atoms with Gasteiger partial charge in [-0.2, -0.15) is 22.0 Å². The van der Waals surface area contributed by atoms with Gasteiger partial charge in [-0.05, 0) is 67.1 Å². The van der Waals surface area contributed by atoms with E-state index >= 15 is 13.2 Å². The van der Waals surface area contributed by atoms with Gasteiger partial charge in [-0.25, -0.2) is 18.3 Å². The molecule has 0 saturated heterocycles. The fourth-order valence-corrected chi connectivity index (χ4v) is 4.36. The maximum atomic E-state index is 16.9. The molecule has 4 aromatic rings. The molecule has 0 spiro atoms. The van der Waals surface area contributed by atoms with E-state index in [-0.39, 0.29) is 11.3 Å². The number of halogens is 7. The van der Waals surface area contributed by atoms with Crippen molar-refractivity contribution >= 4 is 12.1 Å². The molecule has 4 rings (SSSR count). The first kappa shape index (κ1) is 35.6. The SMILES string of the molecule is CC(C)(C)OC(=O)NCC(=O)OC(Cn1cnnn1)(c1ccc(F)cc1F)C(F)(F)c1ccc(-c2ccc(OCC(F)(F)F)cc2)cn1. The van der Waals surface area contributed by atoms with Gasteiger partial charge in [-0.15, -0.1) is 5.10 Å². The number of tetrazole rings is 1. The number of amides is 1. The van der Waals surface area contributed by atoms with Crippen LogP contribution < -0.4 is 10.1 Å². The number of carbonyl (C=O) groups excluding carboxylic acids is 2. The number of alkyl halides is 5. The fourth-order valence-electron chi connectivity index (χ4n) is 4.36. The summed E-state index contributed by atoms with van der Waals surface area (Å²) in [6.45, 7) is 0.998. The van der Waals surface area contributed by atoms with E-state index in [4.69, 9.17) is 9.47 Å². The minimum Gasteiger partial charge on any atom is -0.484 e. The lowest BCUT2D eigenvalue weighted by Crippen LogP contribution is -2.52. The number of nitrogens with zero attached hydrogens (tertiary/aromatic N) is 5. The Bertz CT molecular complexity index is 1710. The Balaban J connectivity index is 1.73. The second kappa shape index (κ2) is 13.8. The highest BCUT2D eigenvalue weighted by molar-refractivity contribution is 5.78. The lowest BCUT2D eigenvalue weighted by atomic mass is 9.84. The molecule has 18 heteroatoms. The Morgan fingerprint density at radius 1 is 0.896 bits per heavy atom. The average Bonchev–Trinajstić information content (AvgIpc) is 3.51. The van der Waals surface area contributed by atoms with Crippen molar-refractivity contribution in [2.45, 2.75) is 50.6 Å². The first-order valence-corrected chi connectivity index (χ1v) is 13.9. The van der Waals surface area contributed by atoms with Crippen LogP contribution in [0.1, 0.15) is 32.0 Å². The summed E-state index contributed by atoms with van der Waals surface area (Å²) < 4.78 is 116. The number of aromatic nitrogens is 5. The third-order valence-corrected chi connectivity index (χ3v) is 6.39. The maximum absolute atomic E-state index is 16.9. The van der Waals surface area contributed by atoms with Crippen molar-refractivity contribution < 1.29 is 54.5 Å². The Morgan fingerprint density at radius 3 is 2.15 bits per heavy atom. The van der Waals surface area contributed by atoms with Crippen molar-refractivity contribution in [3.05, 3.63) is 90.0 Å². The number of rotatable bonds is 11. The molecule has 1 unspecified atom stereocenters. The van der Waals surface area contributed by atoms with Crippen LogP contribution in [-0.4, -0.2) is 62.2 Å². The number of pyridine rings is 1. The summed E-state index contributed by atoms with van der Waals surface area (Å²) in [6, 6.07) is 8.91. The molecule has 48 heavy (non-hydrogen) atoms. The summed E-state index contributed by atoms with van der Waals surface area (Å²) in [5.41, 5.74) is -5.71. The van der Waals surface area contributed by atoms with Crippen LogP contribution in [0.2, 0.25) is 0 Å². The number of nitrogens with one attached hydrogen (secondary N) is 1. The highest BCUT2D eigenvalue weighted by Crippen LogP contribution is 2.49. The monoisotopic (exact) mass is 684 g/mol. The molecule has 11 nitrogen and oxygen atoms in total. The smallest absolute Gasteiger partial charge is 0.422 e. The number of hydrogen-bond donors (Lipinski definition) is 1. The van der Waals surface area contributed by atoms with Crippen LogP contribution in [0.4, 0.5) is 35.5 Å². The maximum Gasteiger partial charge on any atom is 0.422 e. The van der Waals surface area contributed by atoms with Gasteiger partial charge < -0.3 is 19.5 Å². The van der Waals surface area contributed by atoms with Crippen molar-refractivity contribution in [1.29, 1.82) is 0 Å². The van der Waals surface area contributed by atoms with Gasteiger partial charge in [0.2, 0.25) is 5.60 Å². The molecular formula is C30H27F7N6O5. The number of ether oxygens (including phenoxy) is 3. The van der Waals surface area contributed by atoms with Gasteiger partial charge in [-0.3, -0.25) is 9.78 Å². The minimum atomic E-state index is -4.55. The van der Waals surface area contributed by atoms with E-state index in [1.54, 1.807) is 20.8 Å². The number of benzene rings is 2. The van der Waals surface area contributed by atoms with Gasteiger partial charge in [0.25, 0.3) is 0 Å². The summed E-state index contributed by atoms with van der Waals surface area (Å²) in [4.78, 5) is 29.0. The zero-order valence-corrected chi connectivity index (χ0v) is 25.4. The molecule has 2 heterocycles. The van der Waals surface area contributed by atoms with Crippen molar-refractivity contribution in [3.63, 3.8) is 0 Å². The van der Waals surface area contributed by atoms with Crippen LogP contribution in [0.25, 0.3) is 11.1 Å². The van der Waals surface area contributed by atoms with Crippen LogP contribution >= 0.6 is 0 Å². The van der Waals surface area contributed by atoms with Gasteiger partial charge in [0, 0.05) is 23.4 Å². The first-order chi connectivity index (χ1) is 22.4. The van der Waals surface area contributed by atoms with Crippen molar-refractivity contribution in [3.8, 4) is 16.9 Å². The van der Waals surface area contributed by atoms with Gasteiger partial charge in [0.05, 0.1) is 6.54 Å². The van der Waals surface area contributed by atoms with E-state index in [0.717, 1.165) is 23.3 Å². The minimum absolute atomic E-state index is 0.0936. The predicted octanol–water partition coefficient (Wildman–Crippen LogP) is 5.71.